The van der Waals surface area contributed by atoms with Gasteiger partial charge in [-0.25, -0.2) is 4.18 Å². The summed E-state index contributed by atoms with van der Waals surface area (Å²) in [6.45, 7) is 4.66. The van der Waals surface area contributed by atoms with Crippen molar-refractivity contribution in [3.05, 3.63) is 29.8 Å². The van der Waals surface area contributed by atoms with Gasteiger partial charge in [0.05, 0.1) is 6.61 Å². The molecule has 0 saturated heterocycles. The zero-order chi connectivity index (χ0) is 23.3. The fourth-order valence-corrected chi connectivity index (χ4v) is 4.70. The van der Waals surface area contributed by atoms with Crippen LogP contribution >= 0.6 is 0 Å². The summed E-state index contributed by atoms with van der Waals surface area (Å²) < 4.78 is 34.9. The average molecular weight is 469 g/mol. The van der Waals surface area contributed by atoms with Crippen molar-refractivity contribution in [3.8, 4) is 5.75 Å². The van der Waals surface area contributed by atoms with Crippen LogP contribution in [0.3, 0.4) is 0 Å². The minimum absolute atomic E-state index is 0.193. The molecule has 186 valence electrons. The Hall–Kier alpha value is -1.07. The van der Waals surface area contributed by atoms with Gasteiger partial charge >= 0.3 is 10.4 Å². The van der Waals surface area contributed by atoms with E-state index in [-0.39, 0.29) is 6.61 Å². The molecule has 0 amide bonds. The molecule has 0 aliphatic heterocycles. The lowest BCUT2D eigenvalue weighted by molar-refractivity contribution is 0.265. The molecule has 0 N–H and O–H groups in total. The molecule has 32 heavy (non-hydrogen) atoms. The molecule has 1 aromatic carbocycles. The highest BCUT2D eigenvalue weighted by molar-refractivity contribution is 7.82. The van der Waals surface area contributed by atoms with Crippen LogP contribution in [-0.2, 0) is 21.0 Å². The highest BCUT2D eigenvalue weighted by Gasteiger charge is 2.16. The van der Waals surface area contributed by atoms with Crippen molar-refractivity contribution in [3.63, 3.8) is 0 Å². The molecule has 0 aliphatic rings. The maximum absolute atomic E-state index is 12.2. The molecule has 0 spiro atoms. The second kappa shape index (κ2) is 19.4. The van der Waals surface area contributed by atoms with Crippen molar-refractivity contribution in [1.82, 2.24) is 0 Å². The Balaban J connectivity index is 2.20. The largest absolute Gasteiger partial charge is 0.449 e. The van der Waals surface area contributed by atoms with Crippen molar-refractivity contribution in [2.24, 2.45) is 0 Å². The Morgan fingerprint density at radius 3 is 1.66 bits per heavy atom. The van der Waals surface area contributed by atoms with Gasteiger partial charge in [-0.1, -0.05) is 128 Å². The number of unbranched alkanes of at least 4 members (excludes halogenated alkanes) is 15. The van der Waals surface area contributed by atoms with Crippen molar-refractivity contribution in [2.45, 2.75) is 129 Å². The summed E-state index contributed by atoms with van der Waals surface area (Å²) in [6.07, 6.45) is 21.5. The first-order valence-electron chi connectivity index (χ1n) is 13.3. The predicted molar refractivity (Wildman–Crippen MR) is 135 cm³/mol. The summed E-state index contributed by atoms with van der Waals surface area (Å²) >= 11 is 0. The first-order chi connectivity index (χ1) is 15.6. The lowest BCUT2D eigenvalue weighted by atomic mass is 10.0. The first kappa shape index (κ1) is 29.0. The standard InChI is InChI=1S/C27H48O4S/c1-3-5-7-9-11-12-13-15-17-21-25-30-32(28,29)31-27-24-20-19-23-26(27)22-18-16-14-10-8-6-4-2/h19-20,23-24H,3-18,21-22,25H2,1-2H3. The molecule has 0 fully saturated rings. The van der Waals surface area contributed by atoms with Gasteiger partial charge in [0.15, 0.2) is 0 Å². The van der Waals surface area contributed by atoms with Crippen molar-refractivity contribution in [1.29, 1.82) is 0 Å². The van der Waals surface area contributed by atoms with Gasteiger partial charge in [-0.05, 0) is 30.9 Å². The third-order valence-corrected chi connectivity index (χ3v) is 6.78. The van der Waals surface area contributed by atoms with Gasteiger partial charge in [-0.3, -0.25) is 0 Å². The highest BCUT2D eigenvalue weighted by atomic mass is 32.3. The smallest absolute Gasteiger partial charge is 0.361 e. The van der Waals surface area contributed by atoms with Crippen LogP contribution in [0.5, 0.6) is 5.75 Å². The quantitative estimate of drug-likeness (QED) is 0.160. The molecule has 0 radical (unpaired) electrons. The third kappa shape index (κ3) is 15.7. The summed E-state index contributed by atoms with van der Waals surface area (Å²) in [6, 6.07) is 7.41. The maximum atomic E-state index is 12.2. The SMILES string of the molecule is CCCCCCCCCCCCOS(=O)(=O)Oc1ccccc1CCCCCCCCC. The van der Waals surface area contributed by atoms with Crippen LogP contribution in [0.15, 0.2) is 24.3 Å². The van der Waals surface area contributed by atoms with Crippen molar-refractivity contribution < 1.29 is 16.8 Å². The Morgan fingerprint density at radius 1 is 0.625 bits per heavy atom. The lowest BCUT2D eigenvalue weighted by Crippen LogP contribution is -2.15. The molecule has 4 nitrogen and oxygen atoms in total. The Morgan fingerprint density at radius 2 is 1.09 bits per heavy atom. The van der Waals surface area contributed by atoms with E-state index in [0.717, 1.165) is 37.7 Å². The van der Waals surface area contributed by atoms with Crippen LogP contribution in [0.4, 0.5) is 0 Å². The number of para-hydroxylation sites is 1. The fourth-order valence-electron chi connectivity index (χ4n) is 3.95. The van der Waals surface area contributed by atoms with Crippen LogP contribution in [0.1, 0.15) is 129 Å². The van der Waals surface area contributed by atoms with Crippen molar-refractivity contribution >= 4 is 10.4 Å². The number of rotatable bonds is 22. The van der Waals surface area contributed by atoms with Gasteiger partial charge in [0.2, 0.25) is 0 Å². The van der Waals surface area contributed by atoms with E-state index in [2.05, 4.69) is 13.8 Å². The Kier molecular flexibility index (Phi) is 17.6. The van der Waals surface area contributed by atoms with Crippen LogP contribution in [0, 0.1) is 0 Å². The molecule has 0 aliphatic carbocycles. The monoisotopic (exact) mass is 468 g/mol. The Labute approximate surface area is 198 Å². The predicted octanol–water partition coefficient (Wildman–Crippen LogP) is 8.54. The summed E-state index contributed by atoms with van der Waals surface area (Å²) in [5.74, 6) is 0.404. The normalized spacial score (nSPS) is 11.7. The molecule has 0 saturated carbocycles. The minimum atomic E-state index is -4.01. The molecule has 1 aromatic rings. The van der Waals surface area contributed by atoms with E-state index >= 15 is 0 Å². The number of aryl methyl sites for hydroxylation is 1. The van der Waals surface area contributed by atoms with Crippen LogP contribution in [0.25, 0.3) is 0 Å². The van der Waals surface area contributed by atoms with E-state index < -0.39 is 10.4 Å². The van der Waals surface area contributed by atoms with Gasteiger partial charge in [-0.15, -0.1) is 0 Å². The molecular weight excluding hydrogens is 420 g/mol. The van der Waals surface area contributed by atoms with Gasteiger partial charge < -0.3 is 4.18 Å². The molecule has 5 heteroatoms. The van der Waals surface area contributed by atoms with Gasteiger partial charge in [0, 0.05) is 0 Å². The van der Waals surface area contributed by atoms with E-state index in [9.17, 15) is 8.42 Å². The number of hydrogen-bond donors (Lipinski definition) is 0. The molecule has 1 rings (SSSR count). The summed E-state index contributed by atoms with van der Waals surface area (Å²) in [5.41, 5.74) is 0.937. The van der Waals surface area contributed by atoms with Crippen LogP contribution in [0.2, 0.25) is 0 Å². The molecule has 0 bridgehead atoms. The second-order valence-electron chi connectivity index (χ2n) is 8.97. The van der Waals surface area contributed by atoms with Gasteiger partial charge in [0.1, 0.15) is 5.75 Å². The van der Waals surface area contributed by atoms with Crippen LogP contribution < -0.4 is 4.18 Å². The van der Waals surface area contributed by atoms with E-state index in [1.165, 1.54) is 83.5 Å². The average Bonchev–Trinajstić information content (AvgIpc) is 2.77. The van der Waals surface area contributed by atoms with Crippen LogP contribution in [-0.4, -0.2) is 15.0 Å². The zero-order valence-corrected chi connectivity index (χ0v) is 21.6. The third-order valence-electron chi connectivity index (χ3n) is 5.94. The lowest BCUT2D eigenvalue weighted by Gasteiger charge is -2.11. The summed E-state index contributed by atoms with van der Waals surface area (Å²) in [7, 11) is -4.01. The Bertz CT molecular complexity index is 657. The fraction of sp³-hybridized carbons (Fsp3) is 0.778. The second-order valence-corrected chi connectivity index (χ2v) is 10.2. The number of hydrogen-bond acceptors (Lipinski definition) is 4. The topological polar surface area (TPSA) is 52.6 Å². The number of benzene rings is 1. The van der Waals surface area contributed by atoms with E-state index in [1.54, 1.807) is 12.1 Å². The summed E-state index contributed by atoms with van der Waals surface area (Å²) in [5, 5.41) is 0. The van der Waals surface area contributed by atoms with Crippen molar-refractivity contribution in [2.75, 3.05) is 6.61 Å². The first-order valence-corrected chi connectivity index (χ1v) is 14.6. The summed E-state index contributed by atoms with van der Waals surface area (Å²) in [4.78, 5) is 0. The van der Waals surface area contributed by atoms with Gasteiger partial charge in [0.25, 0.3) is 0 Å². The maximum Gasteiger partial charge on any atom is 0.449 e. The van der Waals surface area contributed by atoms with E-state index in [4.69, 9.17) is 8.37 Å². The molecule has 0 unspecified atom stereocenters. The highest BCUT2D eigenvalue weighted by Crippen LogP contribution is 2.23. The van der Waals surface area contributed by atoms with E-state index in [0.29, 0.717) is 5.75 Å². The molecule has 0 heterocycles. The molecule has 0 aromatic heterocycles. The zero-order valence-electron chi connectivity index (χ0n) is 20.8. The van der Waals surface area contributed by atoms with E-state index in [1.807, 2.05) is 12.1 Å². The molecular formula is C27H48O4S. The minimum Gasteiger partial charge on any atom is -0.361 e. The van der Waals surface area contributed by atoms with Gasteiger partial charge in [-0.2, -0.15) is 8.42 Å². The molecule has 0 atom stereocenters.